The highest BCUT2D eigenvalue weighted by atomic mass is 32.2. The van der Waals surface area contributed by atoms with E-state index in [0.717, 1.165) is 22.4 Å². The van der Waals surface area contributed by atoms with Crippen molar-refractivity contribution in [3.05, 3.63) is 59.7 Å². The molecule has 0 aliphatic heterocycles. The number of sulfonamides is 1. The number of nitrogens with zero attached hydrogens (tertiary/aromatic N) is 1. The molecule has 0 aromatic heterocycles. The van der Waals surface area contributed by atoms with Gasteiger partial charge in [-0.15, -0.1) is 0 Å². The third-order valence-electron chi connectivity index (χ3n) is 4.41. The van der Waals surface area contributed by atoms with Crippen LogP contribution in [0.15, 0.2) is 53.4 Å². The van der Waals surface area contributed by atoms with Crippen LogP contribution < -0.4 is 9.62 Å². The van der Waals surface area contributed by atoms with Crippen molar-refractivity contribution in [2.45, 2.75) is 24.3 Å². The van der Waals surface area contributed by atoms with Crippen molar-refractivity contribution < 1.29 is 21.6 Å². The van der Waals surface area contributed by atoms with Crippen molar-refractivity contribution >= 4 is 31.5 Å². The lowest BCUT2D eigenvalue weighted by molar-refractivity contribution is 0.0935. The van der Waals surface area contributed by atoms with Crippen LogP contribution in [-0.4, -0.2) is 42.3 Å². The summed E-state index contributed by atoms with van der Waals surface area (Å²) in [5, 5.41) is 2.92. The highest BCUT2D eigenvalue weighted by Gasteiger charge is 2.17. The Labute approximate surface area is 166 Å². The molecule has 0 unspecified atom stereocenters. The molecule has 0 saturated heterocycles. The summed E-state index contributed by atoms with van der Waals surface area (Å²) in [5.41, 5.74) is 1.66. The summed E-state index contributed by atoms with van der Waals surface area (Å²) in [6.45, 7) is 1.92. The highest BCUT2D eigenvalue weighted by Crippen LogP contribution is 2.21. The van der Waals surface area contributed by atoms with Gasteiger partial charge in [0.25, 0.3) is 5.91 Å². The summed E-state index contributed by atoms with van der Waals surface area (Å²) < 4.78 is 47.5. The number of rotatable bonds is 7. The van der Waals surface area contributed by atoms with Gasteiger partial charge < -0.3 is 5.32 Å². The van der Waals surface area contributed by atoms with Gasteiger partial charge in [0.2, 0.25) is 10.0 Å². The van der Waals surface area contributed by atoms with E-state index < -0.39 is 19.9 Å². The molecule has 28 heavy (non-hydrogen) atoms. The van der Waals surface area contributed by atoms with Crippen LogP contribution in [0.25, 0.3) is 0 Å². The molecule has 9 heteroatoms. The average Bonchev–Trinajstić information content (AvgIpc) is 2.64. The minimum Gasteiger partial charge on any atom is -0.345 e. The summed E-state index contributed by atoms with van der Waals surface area (Å²) in [4.78, 5) is 12.8. The van der Waals surface area contributed by atoms with Crippen LogP contribution in [0.3, 0.4) is 0 Å². The van der Waals surface area contributed by atoms with Crippen LogP contribution >= 0.6 is 0 Å². The number of sulfone groups is 1. The number of anilines is 1. The lowest BCUT2D eigenvalue weighted by Crippen LogP contribution is -2.28. The fourth-order valence-electron chi connectivity index (χ4n) is 2.62. The fraction of sp³-hybridized carbons (Fsp3) is 0.316. The Kier molecular flexibility index (Phi) is 6.51. The summed E-state index contributed by atoms with van der Waals surface area (Å²) in [6, 6.07) is 12.4. The lowest BCUT2D eigenvalue weighted by atomic mass is 10.0. The number of benzene rings is 2. The van der Waals surface area contributed by atoms with Gasteiger partial charge in [0, 0.05) is 18.9 Å². The average molecular weight is 425 g/mol. The second kappa shape index (κ2) is 8.32. The molecule has 0 saturated carbocycles. The van der Waals surface area contributed by atoms with Crippen LogP contribution in [0.2, 0.25) is 0 Å². The molecule has 1 amide bonds. The first-order valence-corrected chi connectivity index (χ1v) is 12.3. The molecule has 1 N–H and O–H groups in total. The van der Waals surface area contributed by atoms with Crippen molar-refractivity contribution in [3.63, 3.8) is 0 Å². The molecule has 2 aromatic carbocycles. The normalized spacial score (nSPS) is 13.0. The molecule has 1 atom stereocenters. The maximum absolute atomic E-state index is 12.6. The van der Waals surface area contributed by atoms with E-state index in [1.165, 1.54) is 19.2 Å². The fourth-order valence-corrected chi connectivity index (χ4v) is 3.76. The Hall–Kier alpha value is -2.39. The lowest BCUT2D eigenvalue weighted by Gasteiger charge is -2.19. The SMILES string of the molecule is CC[C@H](NC(=O)c1ccc(N(C)S(C)(=O)=O)cc1)c1ccc(S(C)(=O)=O)cc1. The molecule has 0 radical (unpaired) electrons. The van der Waals surface area contributed by atoms with Crippen LogP contribution in [-0.2, 0) is 19.9 Å². The zero-order valence-corrected chi connectivity index (χ0v) is 17.8. The molecule has 0 aliphatic carbocycles. The predicted molar refractivity (Wildman–Crippen MR) is 110 cm³/mol. The van der Waals surface area contributed by atoms with Crippen LogP contribution in [0.5, 0.6) is 0 Å². The van der Waals surface area contributed by atoms with Gasteiger partial charge in [-0.25, -0.2) is 16.8 Å². The second-order valence-electron chi connectivity index (χ2n) is 6.55. The number of carbonyl (C=O) groups excluding carboxylic acids is 1. The Morgan fingerprint density at radius 1 is 0.964 bits per heavy atom. The highest BCUT2D eigenvalue weighted by molar-refractivity contribution is 7.92. The molecular weight excluding hydrogens is 400 g/mol. The minimum absolute atomic E-state index is 0.225. The molecule has 2 rings (SSSR count). The maximum atomic E-state index is 12.6. The monoisotopic (exact) mass is 424 g/mol. The Morgan fingerprint density at radius 2 is 1.50 bits per heavy atom. The predicted octanol–water partition coefficient (Wildman–Crippen LogP) is 2.37. The topological polar surface area (TPSA) is 101 Å². The molecule has 2 aromatic rings. The van der Waals surface area contributed by atoms with Gasteiger partial charge in [0.15, 0.2) is 9.84 Å². The first-order valence-electron chi connectivity index (χ1n) is 8.58. The standard InChI is InChI=1S/C19H24N2O5S2/c1-5-18(14-8-12-17(13-9-14)27(3,23)24)20-19(22)15-6-10-16(11-7-15)21(2)28(4,25)26/h6-13,18H,5H2,1-4H3,(H,20,22)/t18-/m0/s1. The van der Waals surface area contributed by atoms with E-state index in [2.05, 4.69) is 5.32 Å². The molecular formula is C19H24N2O5S2. The van der Waals surface area contributed by atoms with Crippen molar-refractivity contribution in [2.75, 3.05) is 23.9 Å². The molecule has 0 aliphatic rings. The molecule has 0 heterocycles. The number of carbonyl (C=O) groups is 1. The summed E-state index contributed by atoms with van der Waals surface area (Å²) in [6.07, 6.45) is 2.87. The Bertz CT molecular complexity index is 1040. The number of nitrogens with one attached hydrogen (secondary N) is 1. The Balaban J connectivity index is 2.16. The van der Waals surface area contributed by atoms with Gasteiger partial charge in [0.05, 0.1) is 22.9 Å². The molecule has 152 valence electrons. The summed E-state index contributed by atoms with van der Waals surface area (Å²) in [5.74, 6) is -0.299. The second-order valence-corrected chi connectivity index (χ2v) is 10.6. The van der Waals surface area contributed by atoms with Gasteiger partial charge in [-0.1, -0.05) is 19.1 Å². The summed E-state index contributed by atoms with van der Waals surface area (Å²) >= 11 is 0. The largest absolute Gasteiger partial charge is 0.345 e. The van der Waals surface area contributed by atoms with Crippen LogP contribution in [0.4, 0.5) is 5.69 Å². The van der Waals surface area contributed by atoms with Crippen molar-refractivity contribution in [3.8, 4) is 0 Å². The van der Waals surface area contributed by atoms with Crippen LogP contribution in [0, 0.1) is 0 Å². The van der Waals surface area contributed by atoms with Gasteiger partial charge in [0.1, 0.15) is 0 Å². The van der Waals surface area contributed by atoms with Crippen molar-refractivity contribution in [1.29, 1.82) is 0 Å². The number of hydrogen-bond acceptors (Lipinski definition) is 5. The number of hydrogen-bond donors (Lipinski definition) is 1. The van der Waals surface area contributed by atoms with Gasteiger partial charge in [-0.2, -0.15) is 0 Å². The van der Waals surface area contributed by atoms with Gasteiger partial charge in [-0.05, 0) is 48.4 Å². The zero-order chi connectivity index (χ0) is 21.1. The van der Waals surface area contributed by atoms with Crippen LogP contribution in [0.1, 0.15) is 35.3 Å². The number of amides is 1. The molecule has 0 spiro atoms. The van der Waals surface area contributed by atoms with E-state index in [1.807, 2.05) is 6.92 Å². The van der Waals surface area contributed by atoms with E-state index in [-0.39, 0.29) is 16.8 Å². The maximum Gasteiger partial charge on any atom is 0.251 e. The summed E-state index contributed by atoms with van der Waals surface area (Å²) in [7, 11) is -5.20. The quantitative estimate of drug-likeness (QED) is 0.735. The first kappa shape index (κ1) is 21.9. The zero-order valence-electron chi connectivity index (χ0n) is 16.2. The first-order chi connectivity index (χ1) is 12.9. The smallest absolute Gasteiger partial charge is 0.251 e. The Morgan fingerprint density at radius 3 is 1.93 bits per heavy atom. The molecule has 0 bridgehead atoms. The van der Waals surface area contributed by atoms with E-state index in [0.29, 0.717) is 17.7 Å². The van der Waals surface area contributed by atoms with E-state index in [9.17, 15) is 21.6 Å². The van der Waals surface area contributed by atoms with E-state index >= 15 is 0 Å². The van der Waals surface area contributed by atoms with Gasteiger partial charge >= 0.3 is 0 Å². The third-order valence-corrected chi connectivity index (χ3v) is 6.75. The molecule has 7 nitrogen and oxygen atoms in total. The van der Waals surface area contributed by atoms with E-state index in [4.69, 9.17) is 0 Å². The van der Waals surface area contributed by atoms with E-state index in [1.54, 1.807) is 36.4 Å². The third kappa shape index (κ3) is 5.32. The van der Waals surface area contributed by atoms with Crippen molar-refractivity contribution in [2.24, 2.45) is 0 Å². The van der Waals surface area contributed by atoms with Gasteiger partial charge in [-0.3, -0.25) is 9.10 Å². The minimum atomic E-state index is -3.37. The van der Waals surface area contributed by atoms with Crippen molar-refractivity contribution in [1.82, 2.24) is 5.32 Å². The molecule has 0 fully saturated rings.